The van der Waals surface area contributed by atoms with Crippen LogP contribution >= 0.6 is 0 Å². The molecule has 0 fully saturated rings. The Labute approximate surface area is 156 Å². The molecule has 0 spiro atoms. The molecule has 136 valence electrons. The van der Waals surface area contributed by atoms with Gasteiger partial charge >= 0.3 is 0 Å². The summed E-state index contributed by atoms with van der Waals surface area (Å²) < 4.78 is 5.23. The number of methoxy groups -OCH3 is 1. The molecule has 1 heterocycles. The molecule has 0 bridgehead atoms. The molecule has 2 aromatic carbocycles. The molecule has 1 aromatic heterocycles. The minimum absolute atomic E-state index is 0.00666. The number of benzene rings is 2. The summed E-state index contributed by atoms with van der Waals surface area (Å²) in [5, 5.41) is 5.78. The largest absolute Gasteiger partial charge is 0.495 e. The summed E-state index contributed by atoms with van der Waals surface area (Å²) in [4.78, 5) is 32.2. The second-order valence-electron chi connectivity index (χ2n) is 5.68. The average molecular weight is 362 g/mol. The zero-order chi connectivity index (χ0) is 19.2. The molecular formula is C20H18N4O3. The first-order chi connectivity index (χ1) is 13.1. The Bertz CT molecular complexity index is 971. The Morgan fingerprint density at radius 3 is 2.44 bits per heavy atom. The van der Waals surface area contributed by atoms with E-state index >= 15 is 0 Å². The lowest BCUT2D eigenvalue weighted by Gasteiger charge is -2.10. The van der Waals surface area contributed by atoms with Crippen molar-refractivity contribution < 1.29 is 14.3 Å². The Morgan fingerprint density at radius 1 is 1.00 bits per heavy atom. The van der Waals surface area contributed by atoms with Crippen molar-refractivity contribution in [1.82, 2.24) is 9.97 Å². The minimum atomic E-state index is -0.378. The number of ether oxygens (including phenoxy) is 1. The van der Waals surface area contributed by atoms with E-state index in [0.717, 1.165) is 0 Å². The number of nitrogens with zero attached hydrogens (tertiary/aromatic N) is 2. The summed E-state index contributed by atoms with van der Waals surface area (Å²) in [6, 6.07) is 15.6. The van der Waals surface area contributed by atoms with Crippen LogP contribution in [0.3, 0.4) is 0 Å². The third-order valence-corrected chi connectivity index (χ3v) is 3.79. The van der Waals surface area contributed by atoms with Crippen molar-refractivity contribution >= 4 is 29.0 Å². The van der Waals surface area contributed by atoms with Crippen LogP contribution in [0.5, 0.6) is 5.75 Å². The van der Waals surface area contributed by atoms with Crippen LogP contribution in [0.25, 0.3) is 0 Å². The highest BCUT2D eigenvalue weighted by molar-refractivity contribution is 6.03. The molecule has 0 aliphatic carbocycles. The van der Waals surface area contributed by atoms with E-state index in [1.54, 1.807) is 42.5 Å². The number of carbonyl (C=O) groups excluding carboxylic acids is 2. The first-order valence-corrected chi connectivity index (χ1v) is 8.22. The molecule has 1 amide bonds. The summed E-state index contributed by atoms with van der Waals surface area (Å²) in [7, 11) is 1.54. The highest BCUT2D eigenvalue weighted by Gasteiger charge is 2.12. The fraction of sp³-hybridized carbons (Fsp3) is 0.100. The van der Waals surface area contributed by atoms with Crippen LogP contribution in [0.1, 0.15) is 27.8 Å². The second kappa shape index (κ2) is 8.09. The van der Waals surface area contributed by atoms with Crippen LogP contribution in [0.2, 0.25) is 0 Å². The highest BCUT2D eigenvalue weighted by Crippen LogP contribution is 2.23. The normalized spacial score (nSPS) is 10.1. The molecular weight excluding hydrogens is 344 g/mol. The fourth-order valence-corrected chi connectivity index (χ4v) is 2.40. The smallest absolute Gasteiger partial charge is 0.274 e. The van der Waals surface area contributed by atoms with E-state index in [0.29, 0.717) is 22.7 Å². The molecule has 2 N–H and O–H groups in total. The Balaban J connectivity index is 1.74. The minimum Gasteiger partial charge on any atom is -0.495 e. The zero-order valence-corrected chi connectivity index (χ0v) is 14.9. The van der Waals surface area contributed by atoms with Crippen molar-refractivity contribution in [1.29, 1.82) is 0 Å². The fourth-order valence-electron chi connectivity index (χ4n) is 2.40. The van der Waals surface area contributed by atoms with E-state index in [1.807, 2.05) is 6.07 Å². The van der Waals surface area contributed by atoms with E-state index in [9.17, 15) is 9.59 Å². The van der Waals surface area contributed by atoms with Crippen LogP contribution in [-0.4, -0.2) is 28.8 Å². The van der Waals surface area contributed by atoms with Gasteiger partial charge < -0.3 is 15.4 Å². The predicted molar refractivity (Wildman–Crippen MR) is 103 cm³/mol. The van der Waals surface area contributed by atoms with E-state index < -0.39 is 0 Å². The quantitative estimate of drug-likeness (QED) is 0.650. The summed E-state index contributed by atoms with van der Waals surface area (Å²) in [6.07, 6.45) is 1.50. The lowest BCUT2D eigenvalue weighted by atomic mass is 10.1. The topological polar surface area (TPSA) is 93.2 Å². The van der Waals surface area contributed by atoms with Crippen molar-refractivity contribution in [3.05, 3.63) is 72.1 Å². The number of amides is 1. The number of hydrogen-bond donors (Lipinski definition) is 2. The molecule has 0 saturated carbocycles. The van der Waals surface area contributed by atoms with Gasteiger partial charge in [-0.15, -0.1) is 0 Å². The lowest BCUT2D eigenvalue weighted by Crippen LogP contribution is -2.15. The number of para-hydroxylation sites is 2. The number of ketones is 1. The van der Waals surface area contributed by atoms with E-state index in [2.05, 4.69) is 20.6 Å². The molecule has 0 unspecified atom stereocenters. The molecule has 27 heavy (non-hydrogen) atoms. The zero-order valence-electron chi connectivity index (χ0n) is 14.9. The molecule has 7 nitrogen and oxygen atoms in total. The number of nitrogens with one attached hydrogen (secondary N) is 2. The van der Waals surface area contributed by atoms with Crippen LogP contribution in [0, 0.1) is 0 Å². The first-order valence-electron chi connectivity index (χ1n) is 8.22. The van der Waals surface area contributed by atoms with Crippen LogP contribution in [0.15, 0.2) is 60.8 Å². The van der Waals surface area contributed by atoms with Crippen molar-refractivity contribution in [3.63, 3.8) is 0 Å². The van der Waals surface area contributed by atoms with Gasteiger partial charge in [0.15, 0.2) is 5.78 Å². The maximum atomic E-state index is 12.5. The molecule has 3 aromatic rings. The van der Waals surface area contributed by atoms with Gasteiger partial charge in [0, 0.05) is 17.4 Å². The number of Topliss-reactive ketones (excluding diaryl/α,β-unsaturated/α-hetero) is 1. The van der Waals surface area contributed by atoms with E-state index in [1.165, 1.54) is 26.3 Å². The van der Waals surface area contributed by atoms with Gasteiger partial charge in [0.1, 0.15) is 11.4 Å². The number of rotatable bonds is 6. The molecule has 7 heteroatoms. The molecule has 0 saturated heterocycles. The predicted octanol–water partition coefficient (Wildman–Crippen LogP) is 3.68. The van der Waals surface area contributed by atoms with Crippen LogP contribution in [0.4, 0.5) is 17.3 Å². The molecule has 3 rings (SSSR count). The van der Waals surface area contributed by atoms with Crippen molar-refractivity contribution in [2.75, 3.05) is 17.7 Å². The van der Waals surface area contributed by atoms with Gasteiger partial charge in [-0.2, -0.15) is 0 Å². The van der Waals surface area contributed by atoms with Gasteiger partial charge in [0.2, 0.25) is 5.95 Å². The van der Waals surface area contributed by atoms with Gasteiger partial charge in [0.25, 0.3) is 5.91 Å². The van der Waals surface area contributed by atoms with E-state index in [4.69, 9.17) is 4.74 Å². The summed E-state index contributed by atoms with van der Waals surface area (Å²) in [5.74, 6) is 0.451. The van der Waals surface area contributed by atoms with Gasteiger partial charge in [0.05, 0.1) is 12.8 Å². The number of carbonyl (C=O) groups is 2. The van der Waals surface area contributed by atoms with Crippen molar-refractivity contribution in [2.24, 2.45) is 0 Å². The van der Waals surface area contributed by atoms with Gasteiger partial charge in [-0.3, -0.25) is 9.59 Å². The van der Waals surface area contributed by atoms with Gasteiger partial charge in [-0.25, -0.2) is 9.97 Å². The van der Waals surface area contributed by atoms with Crippen LogP contribution < -0.4 is 15.4 Å². The number of aromatic nitrogens is 2. The molecule has 0 aliphatic rings. The van der Waals surface area contributed by atoms with Crippen molar-refractivity contribution in [2.45, 2.75) is 6.92 Å². The standard InChI is InChI=1S/C20H18N4O3/c1-13(25)14-7-9-15(10-8-14)22-20-21-12-11-17(24-20)19(26)23-16-5-3-4-6-18(16)27-2/h3-12H,1-2H3,(H,23,26)(H,21,22,24). The molecule has 0 radical (unpaired) electrons. The van der Waals surface area contributed by atoms with Gasteiger partial charge in [-0.05, 0) is 49.4 Å². The highest BCUT2D eigenvalue weighted by atomic mass is 16.5. The maximum Gasteiger partial charge on any atom is 0.274 e. The van der Waals surface area contributed by atoms with Gasteiger partial charge in [-0.1, -0.05) is 12.1 Å². The Kier molecular flexibility index (Phi) is 5.41. The average Bonchev–Trinajstić information content (AvgIpc) is 2.69. The van der Waals surface area contributed by atoms with Crippen molar-refractivity contribution in [3.8, 4) is 5.75 Å². The first kappa shape index (κ1) is 18.1. The summed E-state index contributed by atoms with van der Waals surface area (Å²) in [6.45, 7) is 1.51. The molecule has 0 aliphatic heterocycles. The number of hydrogen-bond acceptors (Lipinski definition) is 6. The van der Waals surface area contributed by atoms with E-state index in [-0.39, 0.29) is 23.3 Å². The second-order valence-corrected chi connectivity index (χ2v) is 5.68. The monoisotopic (exact) mass is 362 g/mol. The third-order valence-electron chi connectivity index (χ3n) is 3.79. The maximum absolute atomic E-state index is 12.5. The Hall–Kier alpha value is -3.74. The SMILES string of the molecule is COc1ccccc1NC(=O)c1ccnc(Nc2ccc(C(C)=O)cc2)n1. The Morgan fingerprint density at radius 2 is 1.74 bits per heavy atom. The number of anilines is 3. The molecule has 0 atom stereocenters. The summed E-state index contributed by atoms with van der Waals surface area (Å²) >= 11 is 0. The van der Waals surface area contributed by atoms with Crippen LogP contribution in [-0.2, 0) is 0 Å². The third kappa shape index (κ3) is 4.46. The lowest BCUT2D eigenvalue weighted by molar-refractivity contribution is 0.101. The summed E-state index contributed by atoms with van der Waals surface area (Å²) in [5.41, 5.74) is 2.09.